The lowest BCUT2D eigenvalue weighted by molar-refractivity contribution is -0.128. The molecule has 3 aromatic rings. The molecule has 9 nitrogen and oxygen atoms in total. The fourth-order valence-corrected chi connectivity index (χ4v) is 4.05. The standard InChI is InChI=1S/C29H34N4O5/c1-18(24(34)14-19-10-6-5-7-11-19)31-25(35)15-20(16-26(36)33-29(2,3)4)32-28(38)27(37)22-17-30-23-13-9-8-12-21(22)23/h5-13,17-18,20,30H,14-16H2,1-4H3,(H,31,35)(H,32,38)(H,33,36)/t18-,20+/m0/s1. The van der Waals surface area contributed by atoms with Crippen LogP contribution in [0.15, 0.2) is 60.8 Å². The van der Waals surface area contributed by atoms with E-state index in [1.54, 1.807) is 31.2 Å². The highest BCUT2D eigenvalue weighted by molar-refractivity contribution is 6.45. The monoisotopic (exact) mass is 518 g/mol. The van der Waals surface area contributed by atoms with E-state index in [9.17, 15) is 24.0 Å². The summed E-state index contributed by atoms with van der Waals surface area (Å²) in [6.07, 6.45) is 1.12. The number of para-hydroxylation sites is 1. The van der Waals surface area contributed by atoms with E-state index in [1.165, 1.54) is 6.20 Å². The van der Waals surface area contributed by atoms with E-state index >= 15 is 0 Å². The molecule has 0 unspecified atom stereocenters. The Kier molecular flexibility index (Phi) is 9.17. The first-order valence-electron chi connectivity index (χ1n) is 12.5. The lowest BCUT2D eigenvalue weighted by Gasteiger charge is -2.24. The Morgan fingerprint density at radius 2 is 1.47 bits per heavy atom. The highest BCUT2D eigenvalue weighted by atomic mass is 16.2. The minimum Gasteiger partial charge on any atom is -0.360 e. The van der Waals surface area contributed by atoms with Crippen LogP contribution in [0.3, 0.4) is 0 Å². The summed E-state index contributed by atoms with van der Waals surface area (Å²) < 4.78 is 0. The molecule has 0 radical (unpaired) electrons. The van der Waals surface area contributed by atoms with E-state index in [2.05, 4.69) is 20.9 Å². The number of benzene rings is 2. The van der Waals surface area contributed by atoms with Crippen LogP contribution in [0.1, 0.15) is 56.5 Å². The second-order valence-corrected chi connectivity index (χ2v) is 10.4. The third kappa shape index (κ3) is 8.12. The molecule has 0 bridgehead atoms. The van der Waals surface area contributed by atoms with Crippen LogP contribution >= 0.6 is 0 Å². The van der Waals surface area contributed by atoms with Crippen molar-refractivity contribution in [2.45, 2.75) is 64.6 Å². The van der Waals surface area contributed by atoms with E-state index in [-0.39, 0.29) is 36.5 Å². The number of ketones is 2. The number of hydrogen-bond donors (Lipinski definition) is 4. The molecule has 1 heterocycles. The highest BCUT2D eigenvalue weighted by Gasteiger charge is 2.27. The summed E-state index contributed by atoms with van der Waals surface area (Å²) in [5.74, 6) is -2.79. The Hall–Kier alpha value is -4.27. The maximum absolute atomic E-state index is 12.9. The average molecular weight is 519 g/mol. The van der Waals surface area contributed by atoms with E-state index in [1.807, 2.05) is 51.1 Å². The van der Waals surface area contributed by atoms with E-state index in [0.717, 1.165) is 5.56 Å². The van der Waals surface area contributed by atoms with Crippen molar-refractivity contribution in [2.75, 3.05) is 0 Å². The molecule has 0 aliphatic rings. The molecule has 38 heavy (non-hydrogen) atoms. The predicted octanol–water partition coefficient (Wildman–Crippen LogP) is 2.85. The van der Waals surface area contributed by atoms with Gasteiger partial charge in [-0.1, -0.05) is 48.5 Å². The molecule has 4 N–H and O–H groups in total. The van der Waals surface area contributed by atoms with E-state index < -0.39 is 35.2 Å². The predicted molar refractivity (Wildman–Crippen MR) is 144 cm³/mol. The molecule has 200 valence electrons. The number of nitrogens with one attached hydrogen (secondary N) is 4. The van der Waals surface area contributed by atoms with E-state index in [0.29, 0.717) is 10.9 Å². The number of rotatable bonds is 11. The maximum Gasteiger partial charge on any atom is 0.292 e. The van der Waals surface area contributed by atoms with Crippen molar-refractivity contribution in [1.82, 2.24) is 20.9 Å². The maximum atomic E-state index is 12.9. The van der Waals surface area contributed by atoms with Gasteiger partial charge in [0, 0.05) is 47.9 Å². The van der Waals surface area contributed by atoms with Gasteiger partial charge in [0.25, 0.3) is 11.7 Å². The van der Waals surface area contributed by atoms with Crippen LogP contribution < -0.4 is 16.0 Å². The third-order valence-corrected chi connectivity index (χ3v) is 5.83. The molecule has 0 fully saturated rings. The molecule has 3 rings (SSSR count). The number of aromatic amines is 1. The summed E-state index contributed by atoms with van der Waals surface area (Å²) in [5.41, 5.74) is 1.21. The van der Waals surface area contributed by atoms with Crippen LogP contribution in [0.5, 0.6) is 0 Å². The second-order valence-electron chi connectivity index (χ2n) is 10.4. The van der Waals surface area contributed by atoms with Gasteiger partial charge in [0.05, 0.1) is 11.6 Å². The molecule has 0 aliphatic carbocycles. The number of carbonyl (C=O) groups is 5. The summed E-state index contributed by atoms with van der Waals surface area (Å²) >= 11 is 0. The first kappa shape index (κ1) is 28.3. The van der Waals surface area contributed by atoms with Crippen molar-refractivity contribution in [1.29, 1.82) is 0 Å². The third-order valence-electron chi connectivity index (χ3n) is 5.83. The van der Waals surface area contributed by atoms with Crippen LogP contribution in [0.2, 0.25) is 0 Å². The Bertz CT molecular complexity index is 1320. The van der Waals surface area contributed by atoms with Gasteiger partial charge < -0.3 is 20.9 Å². The molecule has 0 aliphatic heterocycles. The van der Waals surface area contributed by atoms with Gasteiger partial charge >= 0.3 is 0 Å². The Labute approximate surface area is 221 Å². The Morgan fingerprint density at radius 1 is 0.842 bits per heavy atom. The number of amides is 3. The number of carbonyl (C=O) groups excluding carboxylic acids is 5. The topological polar surface area (TPSA) is 137 Å². The smallest absolute Gasteiger partial charge is 0.292 e. The first-order valence-corrected chi connectivity index (χ1v) is 12.5. The van der Waals surface area contributed by atoms with Gasteiger partial charge in [0.15, 0.2) is 5.78 Å². The highest BCUT2D eigenvalue weighted by Crippen LogP contribution is 2.18. The van der Waals surface area contributed by atoms with Crippen LogP contribution in [0.4, 0.5) is 0 Å². The van der Waals surface area contributed by atoms with Gasteiger partial charge in [0.1, 0.15) is 0 Å². The second kappa shape index (κ2) is 12.3. The molecule has 0 saturated heterocycles. The lowest BCUT2D eigenvalue weighted by atomic mass is 10.0. The van der Waals surface area contributed by atoms with Gasteiger partial charge in [0.2, 0.25) is 11.8 Å². The number of aromatic nitrogens is 1. The van der Waals surface area contributed by atoms with Crippen molar-refractivity contribution in [3.05, 3.63) is 71.9 Å². The quantitative estimate of drug-likeness (QED) is 0.229. The van der Waals surface area contributed by atoms with E-state index in [4.69, 9.17) is 0 Å². The van der Waals surface area contributed by atoms with Gasteiger partial charge in [-0.25, -0.2) is 0 Å². The SMILES string of the molecule is C[C@H](NC(=O)C[C@H](CC(=O)NC(C)(C)C)NC(=O)C(=O)c1c[nH]c2ccccc12)C(=O)Cc1ccccc1. The van der Waals surface area contributed by atoms with Crippen molar-refractivity contribution in [3.63, 3.8) is 0 Å². The summed E-state index contributed by atoms with van der Waals surface area (Å²) in [4.78, 5) is 66.7. The summed E-state index contributed by atoms with van der Waals surface area (Å²) in [7, 11) is 0. The molecular formula is C29H34N4O5. The molecule has 3 amide bonds. The Balaban J connectivity index is 1.67. The van der Waals surface area contributed by atoms with Gasteiger partial charge in [-0.05, 0) is 39.3 Å². The lowest BCUT2D eigenvalue weighted by Crippen LogP contribution is -2.48. The number of fused-ring (bicyclic) bond motifs is 1. The number of hydrogen-bond acceptors (Lipinski definition) is 5. The zero-order valence-corrected chi connectivity index (χ0v) is 22.1. The largest absolute Gasteiger partial charge is 0.360 e. The minimum absolute atomic E-state index is 0.162. The zero-order chi connectivity index (χ0) is 27.9. The van der Waals surface area contributed by atoms with Crippen LogP contribution in [-0.2, 0) is 25.6 Å². The molecule has 0 saturated carbocycles. The number of Topliss-reactive ketones (excluding diaryl/α,β-unsaturated/α-hetero) is 2. The Morgan fingerprint density at radius 3 is 2.16 bits per heavy atom. The molecule has 9 heteroatoms. The molecule has 2 aromatic carbocycles. The summed E-state index contributed by atoms with van der Waals surface area (Å²) in [5, 5.41) is 8.59. The van der Waals surface area contributed by atoms with Crippen molar-refractivity contribution < 1.29 is 24.0 Å². The van der Waals surface area contributed by atoms with Crippen molar-refractivity contribution in [2.24, 2.45) is 0 Å². The molecule has 1 aromatic heterocycles. The molecular weight excluding hydrogens is 484 g/mol. The fraction of sp³-hybridized carbons (Fsp3) is 0.345. The van der Waals surface area contributed by atoms with Crippen LogP contribution in [0.25, 0.3) is 10.9 Å². The van der Waals surface area contributed by atoms with Gasteiger partial charge in [-0.2, -0.15) is 0 Å². The van der Waals surface area contributed by atoms with Crippen molar-refractivity contribution in [3.8, 4) is 0 Å². The van der Waals surface area contributed by atoms with Gasteiger partial charge in [-0.15, -0.1) is 0 Å². The van der Waals surface area contributed by atoms with Gasteiger partial charge in [-0.3, -0.25) is 24.0 Å². The fourth-order valence-electron chi connectivity index (χ4n) is 4.05. The number of H-pyrrole nitrogens is 1. The first-order chi connectivity index (χ1) is 17.9. The normalized spacial score (nSPS) is 12.8. The minimum atomic E-state index is -0.963. The molecule has 2 atom stereocenters. The van der Waals surface area contributed by atoms with Crippen LogP contribution in [-0.4, -0.2) is 51.9 Å². The van der Waals surface area contributed by atoms with Crippen molar-refractivity contribution >= 4 is 40.2 Å². The summed E-state index contributed by atoms with van der Waals surface area (Å²) in [6.45, 7) is 7.02. The zero-order valence-electron chi connectivity index (χ0n) is 22.1. The molecule has 0 spiro atoms. The average Bonchev–Trinajstić information content (AvgIpc) is 3.26. The van der Waals surface area contributed by atoms with Crippen LogP contribution in [0, 0.1) is 0 Å². The summed E-state index contributed by atoms with van der Waals surface area (Å²) in [6, 6.07) is 14.5.